The minimum Gasteiger partial charge on any atom is -0.360 e. The number of halogens is 2. The first-order chi connectivity index (χ1) is 11.9. The van der Waals surface area contributed by atoms with Crippen molar-refractivity contribution in [2.75, 3.05) is 7.05 Å². The Labute approximate surface area is 148 Å². The molecule has 3 aromatic rings. The van der Waals surface area contributed by atoms with Crippen molar-refractivity contribution in [2.24, 2.45) is 7.05 Å². The second kappa shape index (κ2) is 6.68. The Balaban J connectivity index is 1.97. The normalized spacial score (nSPS) is 10.9. The summed E-state index contributed by atoms with van der Waals surface area (Å²) < 4.78 is 21.0. The van der Waals surface area contributed by atoms with Gasteiger partial charge in [-0.05, 0) is 19.1 Å². The monoisotopic (exact) mass is 362 g/mol. The summed E-state index contributed by atoms with van der Waals surface area (Å²) in [4.78, 5) is 14.4. The molecule has 8 heteroatoms. The van der Waals surface area contributed by atoms with Gasteiger partial charge < -0.3 is 9.42 Å². The highest BCUT2D eigenvalue weighted by Gasteiger charge is 2.27. The highest BCUT2D eigenvalue weighted by Crippen LogP contribution is 2.34. The minimum atomic E-state index is -0.565. The maximum Gasteiger partial charge on any atom is 0.259 e. The van der Waals surface area contributed by atoms with Crippen LogP contribution in [-0.2, 0) is 13.6 Å². The lowest BCUT2D eigenvalue weighted by Crippen LogP contribution is -2.26. The number of benzene rings is 1. The molecule has 0 saturated heterocycles. The second-order valence-corrected chi connectivity index (χ2v) is 6.15. The Kier molecular flexibility index (Phi) is 4.59. The number of aryl methyl sites for hydroxylation is 2. The zero-order valence-electron chi connectivity index (χ0n) is 14.0. The van der Waals surface area contributed by atoms with Crippen LogP contribution in [0.4, 0.5) is 4.39 Å². The maximum absolute atomic E-state index is 14.2. The largest absolute Gasteiger partial charge is 0.360 e. The third-order valence-electron chi connectivity index (χ3n) is 3.80. The molecule has 0 N–H and O–H groups in total. The fourth-order valence-corrected chi connectivity index (χ4v) is 2.86. The van der Waals surface area contributed by atoms with E-state index >= 15 is 0 Å². The summed E-state index contributed by atoms with van der Waals surface area (Å²) in [6, 6.07) is 4.29. The molecule has 25 heavy (non-hydrogen) atoms. The van der Waals surface area contributed by atoms with Crippen molar-refractivity contribution in [1.29, 1.82) is 0 Å². The number of hydrogen-bond acceptors (Lipinski definition) is 4. The number of amides is 1. The number of nitrogens with zero attached hydrogens (tertiary/aromatic N) is 4. The molecule has 3 rings (SSSR count). The highest BCUT2D eigenvalue weighted by molar-refractivity contribution is 6.33. The fraction of sp³-hybridized carbons (Fsp3) is 0.235. The average molecular weight is 363 g/mol. The van der Waals surface area contributed by atoms with Gasteiger partial charge in [-0.2, -0.15) is 5.10 Å². The van der Waals surface area contributed by atoms with Crippen LogP contribution < -0.4 is 0 Å². The van der Waals surface area contributed by atoms with E-state index in [0.29, 0.717) is 12.3 Å². The van der Waals surface area contributed by atoms with Gasteiger partial charge in [0.15, 0.2) is 0 Å². The van der Waals surface area contributed by atoms with Crippen LogP contribution in [0.1, 0.15) is 21.7 Å². The Bertz CT molecular complexity index is 914. The molecule has 6 nitrogen and oxygen atoms in total. The molecule has 0 saturated carbocycles. The van der Waals surface area contributed by atoms with Crippen molar-refractivity contribution in [2.45, 2.75) is 13.5 Å². The molecule has 0 spiro atoms. The van der Waals surface area contributed by atoms with Crippen molar-refractivity contribution < 1.29 is 13.7 Å². The molecule has 0 aliphatic rings. The van der Waals surface area contributed by atoms with Gasteiger partial charge in [0.05, 0.1) is 16.8 Å². The number of aromatic nitrogens is 3. The van der Waals surface area contributed by atoms with E-state index in [1.165, 1.54) is 23.1 Å². The molecular formula is C17H16ClFN4O2. The number of rotatable bonds is 4. The van der Waals surface area contributed by atoms with E-state index in [4.69, 9.17) is 16.1 Å². The SMILES string of the molecule is Cc1onc(-c2c(F)cccc2Cl)c1C(=O)N(C)Cc1cnn(C)c1. The van der Waals surface area contributed by atoms with E-state index in [2.05, 4.69) is 10.3 Å². The summed E-state index contributed by atoms with van der Waals surface area (Å²) >= 11 is 6.10. The predicted octanol–water partition coefficient (Wildman–Crippen LogP) is 3.45. The van der Waals surface area contributed by atoms with Crippen LogP contribution in [-0.4, -0.2) is 32.8 Å². The Hall–Kier alpha value is -2.67. The Morgan fingerprint density at radius 2 is 2.20 bits per heavy atom. The van der Waals surface area contributed by atoms with Gasteiger partial charge in [0.1, 0.15) is 22.8 Å². The summed E-state index contributed by atoms with van der Waals surface area (Å²) in [7, 11) is 3.45. The van der Waals surface area contributed by atoms with Crippen molar-refractivity contribution >= 4 is 17.5 Å². The van der Waals surface area contributed by atoms with Gasteiger partial charge >= 0.3 is 0 Å². The summed E-state index contributed by atoms with van der Waals surface area (Å²) in [6.07, 6.45) is 3.50. The van der Waals surface area contributed by atoms with Crippen molar-refractivity contribution in [3.05, 3.63) is 58.3 Å². The molecular weight excluding hydrogens is 347 g/mol. The van der Waals surface area contributed by atoms with Crippen molar-refractivity contribution in [1.82, 2.24) is 19.8 Å². The molecule has 0 aliphatic heterocycles. The average Bonchev–Trinajstić information content (AvgIpc) is 3.12. The fourth-order valence-electron chi connectivity index (χ4n) is 2.61. The van der Waals surface area contributed by atoms with Gasteiger partial charge in [-0.15, -0.1) is 0 Å². The molecule has 0 unspecified atom stereocenters. The maximum atomic E-state index is 14.2. The third kappa shape index (κ3) is 3.28. The van der Waals surface area contributed by atoms with Crippen LogP contribution in [0.3, 0.4) is 0 Å². The van der Waals surface area contributed by atoms with E-state index in [9.17, 15) is 9.18 Å². The Morgan fingerprint density at radius 3 is 2.84 bits per heavy atom. The van der Waals surface area contributed by atoms with E-state index < -0.39 is 5.82 Å². The van der Waals surface area contributed by atoms with E-state index in [0.717, 1.165) is 5.56 Å². The topological polar surface area (TPSA) is 64.2 Å². The lowest BCUT2D eigenvalue weighted by atomic mass is 10.0. The van der Waals surface area contributed by atoms with Crippen LogP contribution in [0, 0.1) is 12.7 Å². The van der Waals surface area contributed by atoms with Crippen LogP contribution in [0.2, 0.25) is 5.02 Å². The summed E-state index contributed by atoms with van der Waals surface area (Å²) in [5, 5.41) is 8.10. The minimum absolute atomic E-state index is 0.0548. The van der Waals surface area contributed by atoms with Gasteiger partial charge in [-0.3, -0.25) is 9.48 Å². The van der Waals surface area contributed by atoms with Gasteiger partial charge in [0.2, 0.25) is 0 Å². The third-order valence-corrected chi connectivity index (χ3v) is 4.12. The zero-order valence-corrected chi connectivity index (χ0v) is 14.7. The van der Waals surface area contributed by atoms with Gasteiger partial charge in [0.25, 0.3) is 5.91 Å². The zero-order chi connectivity index (χ0) is 18.1. The van der Waals surface area contributed by atoms with E-state index in [1.807, 2.05) is 6.20 Å². The van der Waals surface area contributed by atoms with Crippen LogP contribution in [0.5, 0.6) is 0 Å². The summed E-state index contributed by atoms with van der Waals surface area (Å²) in [6.45, 7) is 1.96. The van der Waals surface area contributed by atoms with Crippen LogP contribution >= 0.6 is 11.6 Å². The summed E-state index contributed by atoms with van der Waals surface area (Å²) in [5.41, 5.74) is 1.22. The quantitative estimate of drug-likeness (QED) is 0.713. The molecule has 0 aliphatic carbocycles. The van der Waals surface area contributed by atoms with E-state index in [1.54, 1.807) is 31.9 Å². The van der Waals surface area contributed by atoms with Gasteiger partial charge in [0, 0.05) is 32.4 Å². The Morgan fingerprint density at radius 1 is 1.44 bits per heavy atom. The van der Waals surface area contributed by atoms with Crippen molar-refractivity contribution in [3.63, 3.8) is 0 Å². The lowest BCUT2D eigenvalue weighted by Gasteiger charge is -2.16. The lowest BCUT2D eigenvalue weighted by molar-refractivity contribution is 0.0784. The second-order valence-electron chi connectivity index (χ2n) is 5.74. The first kappa shape index (κ1) is 17.2. The summed E-state index contributed by atoms with van der Waals surface area (Å²) in [5.74, 6) is -0.598. The number of hydrogen-bond donors (Lipinski definition) is 0. The van der Waals surface area contributed by atoms with Gasteiger partial charge in [-0.25, -0.2) is 4.39 Å². The number of carbonyl (C=O) groups excluding carboxylic acids is 1. The molecule has 0 bridgehead atoms. The molecule has 0 fully saturated rings. The van der Waals surface area contributed by atoms with E-state index in [-0.39, 0.29) is 27.8 Å². The number of carbonyl (C=O) groups is 1. The van der Waals surface area contributed by atoms with Crippen LogP contribution in [0.15, 0.2) is 35.1 Å². The molecule has 130 valence electrons. The van der Waals surface area contributed by atoms with Gasteiger partial charge in [-0.1, -0.05) is 22.8 Å². The van der Waals surface area contributed by atoms with Crippen molar-refractivity contribution in [3.8, 4) is 11.3 Å². The molecule has 2 aromatic heterocycles. The highest BCUT2D eigenvalue weighted by atomic mass is 35.5. The molecule has 2 heterocycles. The van der Waals surface area contributed by atoms with Crippen LogP contribution in [0.25, 0.3) is 11.3 Å². The first-order valence-electron chi connectivity index (χ1n) is 7.52. The molecule has 1 amide bonds. The predicted molar refractivity (Wildman–Crippen MR) is 90.6 cm³/mol. The smallest absolute Gasteiger partial charge is 0.259 e. The molecule has 0 radical (unpaired) electrons. The molecule has 0 atom stereocenters. The standard InChI is InChI=1S/C17H16ClFN4O2/c1-10-14(17(24)22(2)8-11-7-20-23(3)9-11)16(21-25-10)15-12(18)5-4-6-13(15)19/h4-7,9H,8H2,1-3H3. The molecule has 1 aromatic carbocycles. The first-order valence-corrected chi connectivity index (χ1v) is 7.90.